The lowest BCUT2D eigenvalue weighted by Gasteiger charge is -2.38. The van der Waals surface area contributed by atoms with Crippen LogP contribution in [0.1, 0.15) is 32.6 Å². The summed E-state index contributed by atoms with van der Waals surface area (Å²) in [5, 5.41) is 11.2. The van der Waals surface area contributed by atoms with Crippen molar-refractivity contribution in [2.75, 3.05) is 6.54 Å². The van der Waals surface area contributed by atoms with Crippen molar-refractivity contribution in [3.63, 3.8) is 0 Å². The number of rotatable bonds is 5. The van der Waals surface area contributed by atoms with Gasteiger partial charge in [0.2, 0.25) is 5.91 Å². The summed E-state index contributed by atoms with van der Waals surface area (Å²) in [6.07, 6.45) is 3.11. The molecule has 15 heavy (non-hydrogen) atoms. The average Bonchev–Trinajstić information content (AvgIpc) is 2.10. The molecule has 1 amide bonds. The molecule has 0 heterocycles. The highest BCUT2D eigenvalue weighted by molar-refractivity contribution is 5.85. The lowest BCUT2D eigenvalue weighted by Crippen LogP contribution is -2.47. The average molecular weight is 214 g/mol. The molecule has 4 N–H and O–H groups in total. The summed E-state index contributed by atoms with van der Waals surface area (Å²) in [6, 6.07) is -0.939. The number of amides is 1. The minimum Gasteiger partial charge on any atom is -0.481 e. The van der Waals surface area contributed by atoms with Gasteiger partial charge in [0.25, 0.3) is 0 Å². The van der Waals surface area contributed by atoms with Crippen LogP contribution in [0, 0.1) is 5.41 Å². The van der Waals surface area contributed by atoms with E-state index in [9.17, 15) is 9.59 Å². The Bertz CT molecular complexity index is 261. The van der Waals surface area contributed by atoms with Gasteiger partial charge < -0.3 is 16.2 Å². The maximum Gasteiger partial charge on any atom is 0.305 e. The summed E-state index contributed by atoms with van der Waals surface area (Å²) in [5.74, 6) is -1.42. The molecule has 86 valence electrons. The summed E-state index contributed by atoms with van der Waals surface area (Å²) < 4.78 is 0. The Hall–Kier alpha value is -1.10. The molecule has 5 nitrogen and oxygen atoms in total. The highest BCUT2D eigenvalue weighted by atomic mass is 16.4. The molecule has 0 saturated heterocycles. The third-order valence-corrected chi connectivity index (χ3v) is 2.98. The van der Waals surface area contributed by atoms with E-state index in [1.165, 1.54) is 6.42 Å². The number of hydrogen-bond donors (Lipinski definition) is 3. The predicted octanol–water partition coefficient (Wildman–Crippen LogP) is 0.0948. The van der Waals surface area contributed by atoms with E-state index in [2.05, 4.69) is 12.2 Å². The smallest absolute Gasteiger partial charge is 0.305 e. The lowest BCUT2D eigenvalue weighted by atomic mass is 9.70. The van der Waals surface area contributed by atoms with Crippen molar-refractivity contribution in [3.05, 3.63) is 0 Å². The van der Waals surface area contributed by atoms with Gasteiger partial charge in [-0.15, -0.1) is 0 Å². The van der Waals surface area contributed by atoms with Gasteiger partial charge in [0, 0.05) is 6.54 Å². The van der Waals surface area contributed by atoms with Crippen molar-refractivity contribution in [1.82, 2.24) is 5.32 Å². The highest BCUT2D eigenvalue weighted by Crippen LogP contribution is 2.39. The molecular weight excluding hydrogens is 196 g/mol. The second-order valence-corrected chi connectivity index (χ2v) is 4.59. The fraction of sp³-hybridized carbons (Fsp3) is 0.800. The molecule has 0 aliphatic heterocycles. The van der Waals surface area contributed by atoms with Gasteiger partial charge in [-0.2, -0.15) is 0 Å². The van der Waals surface area contributed by atoms with Crippen LogP contribution in [-0.2, 0) is 9.59 Å². The Morgan fingerprint density at radius 2 is 2.13 bits per heavy atom. The van der Waals surface area contributed by atoms with Gasteiger partial charge in [-0.3, -0.25) is 9.59 Å². The largest absolute Gasteiger partial charge is 0.481 e. The van der Waals surface area contributed by atoms with Gasteiger partial charge >= 0.3 is 5.97 Å². The van der Waals surface area contributed by atoms with Crippen LogP contribution in [0.3, 0.4) is 0 Å². The predicted molar refractivity (Wildman–Crippen MR) is 55.2 cm³/mol. The molecular formula is C10H18N2O3. The molecule has 1 aliphatic carbocycles. The number of nitrogens with two attached hydrogens (primary N) is 1. The fourth-order valence-electron chi connectivity index (χ4n) is 1.67. The zero-order valence-electron chi connectivity index (χ0n) is 8.95. The lowest BCUT2D eigenvalue weighted by molar-refractivity contribution is -0.139. The van der Waals surface area contributed by atoms with Crippen LogP contribution in [0.15, 0.2) is 0 Å². The Morgan fingerprint density at radius 3 is 2.53 bits per heavy atom. The van der Waals surface area contributed by atoms with E-state index in [1.807, 2.05) is 0 Å². The van der Waals surface area contributed by atoms with E-state index < -0.39 is 12.0 Å². The fourth-order valence-corrected chi connectivity index (χ4v) is 1.67. The number of aliphatic carboxylic acids is 1. The summed E-state index contributed by atoms with van der Waals surface area (Å²) in [4.78, 5) is 21.7. The molecule has 1 fully saturated rings. The summed E-state index contributed by atoms with van der Waals surface area (Å²) in [5.41, 5.74) is 5.61. The van der Waals surface area contributed by atoms with Crippen LogP contribution in [-0.4, -0.2) is 29.6 Å². The Morgan fingerprint density at radius 1 is 1.53 bits per heavy atom. The molecule has 0 aromatic carbocycles. The zero-order chi connectivity index (χ0) is 11.5. The van der Waals surface area contributed by atoms with Gasteiger partial charge in [-0.05, 0) is 18.3 Å². The van der Waals surface area contributed by atoms with Crippen molar-refractivity contribution in [1.29, 1.82) is 0 Å². The molecule has 1 aliphatic rings. The molecule has 1 unspecified atom stereocenters. The SMILES string of the molecule is CC1(CNC(=O)C(N)CC(=O)O)CCC1. The molecule has 1 rings (SSSR count). The molecule has 5 heteroatoms. The first-order chi connectivity index (χ1) is 6.93. The van der Waals surface area contributed by atoms with Gasteiger partial charge in [0.1, 0.15) is 0 Å². The van der Waals surface area contributed by atoms with E-state index in [4.69, 9.17) is 10.8 Å². The number of carbonyl (C=O) groups excluding carboxylic acids is 1. The number of nitrogens with one attached hydrogen (secondary N) is 1. The van der Waals surface area contributed by atoms with Crippen molar-refractivity contribution in [2.45, 2.75) is 38.6 Å². The van der Waals surface area contributed by atoms with Crippen molar-refractivity contribution < 1.29 is 14.7 Å². The first-order valence-electron chi connectivity index (χ1n) is 5.18. The maximum absolute atomic E-state index is 11.4. The quantitative estimate of drug-likeness (QED) is 0.605. The van der Waals surface area contributed by atoms with Crippen LogP contribution in [0.25, 0.3) is 0 Å². The number of hydrogen-bond acceptors (Lipinski definition) is 3. The van der Waals surface area contributed by atoms with Crippen LogP contribution in [0.2, 0.25) is 0 Å². The van der Waals surface area contributed by atoms with Crippen LogP contribution in [0.4, 0.5) is 0 Å². The second kappa shape index (κ2) is 4.61. The maximum atomic E-state index is 11.4. The Labute approximate surface area is 89.0 Å². The van der Waals surface area contributed by atoms with E-state index >= 15 is 0 Å². The third-order valence-electron chi connectivity index (χ3n) is 2.98. The molecule has 0 bridgehead atoms. The number of carboxylic acids is 1. The van der Waals surface area contributed by atoms with Gasteiger partial charge in [0.05, 0.1) is 12.5 Å². The summed E-state index contributed by atoms with van der Waals surface area (Å²) >= 11 is 0. The third kappa shape index (κ3) is 3.51. The topological polar surface area (TPSA) is 92.4 Å². The Kier molecular flexibility index (Phi) is 3.68. The van der Waals surface area contributed by atoms with E-state index in [1.54, 1.807) is 0 Å². The van der Waals surface area contributed by atoms with Crippen LogP contribution in [0.5, 0.6) is 0 Å². The number of carboxylic acid groups (broad SMARTS) is 1. The second-order valence-electron chi connectivity index (χ2n) is 4.59. The normalized spacial score (nSPS) is 20.1. The molecule has 1 atom stereocenters. The molecule has 0 spiro atoms. The zero-order valence-corrected chi connectivity index (χ0v) is 8.95. The van der Waals surface area contributed by atoms with Crippen molar-refractivity contribution in [3.8, 4) is 0 Å². The molecule has 0 aromatic heterocycles. The molecule has 1 saturated carbocycles. The van der Waals surface area contributed by atoms with Crippen LogP contribution >= 0.6 is 0 Å². The van der Waals surface area contributed by atoms with Crippen molar-refractivity contribution in [2.24, 2.45) is 11.1 Å². The monoisotopic (exact) mass is 214 g/mol. The molecule has 0 aromatic rings. The minimum atomic E-state index is -1.05. The molecule has 0 radical (unpaired) electrons. The van der Waals surface area contributed by atoms with Gasteiger partial charge in [0.15, 0.2) is 0 Å². The van der Waals surface area contributed by atoms with Crippen LogP contribution < -0.4 is 11.1 Å². The van der Waals surface area contributed by atoms with Gasteiger partial charge in [-0.1, -0.05) is 13.3 Å². The van der Waals surface area contributed by atoms with Crippen molar-refractivity contribution >= 4 is 11.9 Å². The summed E-state index contributed by atoms with van der Waals surface area (Å²) in [6.45, 7) is 2.71. The van der Waals surface area contributed by atoms with E-state index in [0.29, 0.717) is 6.54 Å². The number of carbonyl (C=O) groups is 2. The Balaban J connectivity index is 2.25. The van der Waals surface area contributed by atoms with E-state index in [-0.39, 0.29) is 17.7 Å². The van der Waals surface area contributed by atoms with E-state index in [0.717, 1.165) is 12.8 Å². The standard InChI is InChI=1S/C10H18N2O3/c1-10(3-2-4-10)6-12-9(15)7(11)5-8(13)14/h7H,2-6,11H2,1H3,(H,12,15)(H,13,14). The van der Waals surface area contributed by atoms with Gasteiger partial charge in [-0.25, -0.2) is 0 Å². The highest BCUT2D eigenvalue weighted by Gasteiger charge is 2.32. The first-order valence-corrected chi connectivity index (χ1v) is 5.18. The minimum absolute atomic E-state index is 0.193. The first kappa shape index (κ1) is 12.0. The summed E-state index contributed by atoms with van der Waals surface area (Å²) in [7, 11) is 0.